The van der Waals surface area contributed by atoms with Gasteiger partial charge in [0.15, 0.2) is 0 Å². The molecule has 8 heteroatoms. The summed E-state index contributed by atoms with van der Waals surface area (Å²) in [7, 11) is -3.96. The van der Waals surface area contributed by atoms with Gasteiger partial charge in [0, 0.05) is 0 Å². The Hall–Kier alpha value is -2.87. The molecule has 4 N–H and O–H groups in total. The standard InChI is InChI=1S/C14H12N2O5S/c17-11-3-1-2-9(6-11)10-4-5-12(13(18)7-10)16-8-14(19)15-22(16,20)21/h1-8,15,17-19H. The molecule has 1 aliphatic heterocycles. The van der Waals surface area contributed by atoms with E-state index in [4.69, 9.17) is 0 Å². The highest BCUT2D eigenvalue weighted by Crippen LogP contribution is 2.35. The van der Waals surface area contributed by atoms with Crippen LogP contribution in [0.25, 0.3) is 11.1 Å². The second-order valence-electron chi connectivity index (χ2n) is 4.67. The molecule has 0 saturated carbocycles. The molecule has 0 saturated heterocycles. The molecule has 2 aromatic rings. The number of phenols is 2. The van der Waals surface area contributed by atoms with Crippen LogP contribution in [0.1, 0.15) is 0 Å². The zero-order chi connectivity index (χ0) is 15.9. The molecule has 0 unspecified atom stereocenters. The lowest BCUT2D eigenvalue weighted by Gasteiger charge is -2.16. The molecule has 114 valence electrons. The third kappa shape index (κ3) is 2.40. The summed E-state index contributed by atoms with van der Waals surface area (Å²) in [6.45, 7) is 0. The molecular formula is C14H12N2O5S. The molecule has 0 radical (unpaired) electrons. The van der Waals surface area contributed by atoms with Gasteiger partial charge in [0.25, 0.3) is 0 Å². The Bertz CT molecular complexity index is 877. The van der Waals surface area contributed by atoms with Gasteiger partial charge in [0.2, 0.25) is 5.88 Å². The van der Waals surface area contributed by atoms with Gasteiger partial charge < -0.3 is 15.3 Å². The molecule has 0 atom stereocenters. The van der Waals surface area contributed by atoms with Crippen LogP contribution in [0.5, 0.6) is 11.5 Å². The molecule has 0 aromatic heterocycles. The number of anilines is 1. The highest BCUT2D eigenvalue weighted by atomic mass is 32.2. The van der Waals surface area contributed by atoms with Gasteiger partial charge in [0.05, 0.1) is 6.20 Å². The first-order chi connectivity index (χ1) is 10.4. The first-order valence-corrected chi connectivity index (χ1v) is 7.66. The van der Waals surface area contributed by atoms with E-state index in [1.165, 1.54) is 24.3 Å². The van der Waals surface area contributed by atoms with Crippen molar-refractivity contribution in [2.75, 3.05) is 4.31 Å². The van der Waals surface area contributed by atoms with E-state index in [1.807, 2.05) is 4.72 Å². The fourth-order valence-corrected chi connectivity index (χ4v) is 3.23. The number of nitrogens with one attached hydrogen (secondary N) is 1. The van der Waals surface area contributed by atoms with Gasteiger partial charge in [-0.3, -0.25) is 0 Å². The van der Waals surface area contributed by atoms with Crippen LogP contribution < -0.4 is 9.03 Å². The Labute approximate surface area is 126 Å². The minimum Gasteiger partial charge on any atom is -0.508 e. The number of benzene rings is 2. The third-order valence-corrected chi connectivity index (χ3v) is 4.41. The summed E-state index contributed by atoms with van der Waals surface area (Å²) in [4.78, 5) is 0. The molecule has 1 aliphatic rings. The van der Waals surface area contributed by atoms with Gasteiger partial charge >= 0.3 is 10.2 Å². The lowest BCUT2D eigenvalue weighted by atomic mass is 10.0. The summed E-state index contributed by atoms with van der Waals surface area (Å²) >= 11 is 0. The second-order valence-corrected chi connectivity index (χ2v) is 6.22. The van der Waals surface area contributed by atoms with Gasteiger partial charge in [-0.2, -0.15) is 8.42 Å². The van der Waals surface area contributed by atoms with Crippen LogP contribution in [-0.2, 0) is 10.2 Å². The summed E-state index contributed by atoms with van der Waals surface area (Å²) in [5.41, 5.74) is 1.28. The van der Waals surface area contributed by atoms with Crippen LogP contribution in [-0.4, -0.2) is 23.7 Å². The summed E-state index contributed by atoms with van der Waals surface area (Å²) in [5.74, 6) is -0.728. The molecule has 1 heterocycles. The Balaban J connectivity index is 2.04. The van der Waals surface area contributed by atoms with Crippen molar-refractivity contribution in [3.8, 4) is 22.6 Å². The Morgan fingerprint density at radius 3 is 2.27 bits per heavy atom. The molecule has 0 fully saturated rings. The quantitative estimate of drug-likeness (QED) is 0.674. The topological polar surface area (TPSA) is 110 Å². The zero-order valence-electron chi connectivity index (χ0n) is 11.1. The van der Waals surface area contributed by atoms with Crippen molar-refractivity contribution in [1.82, 2.24) is 4.72 Å². The SMILES string of the molecule is O=S1(=O)NC(O)=CN1c1ccc(-c2cccc(O)c2)cc1O. The molecule has 22 heavy (non-hydrogen) atoms. The van der Waals surface area contributed by atoms with E-state index < -0.39 is 16.1 Å². The largest absolute Gasteiger partial charge is 0.508 e. The highest BCUT2D eigenvalue weighted by molar-refractivity contribution is 7.91. The van der Waals surface area contributed by atoms with Crippen molar-refractivity contribution in [2.24, 2.45) is 0 Å². The highest BCUT2D eigenvalue weighted by Gasteiger charge is 2.30. The number of hydrogen-bond donors (Lipinski definition) is 4. The zero-order valence-corrected chi connectivity index (χ0v) is 11.9. The number of nitrogens with zero attached hydrogens (tertiary/aromatic N) is 1. The van der Waals surface area contributed by atoms with Gasteiger partial charge in [-0.1, -0.05) is 18.2 Å². The minimum absolute atomic E-state index is 0.000420. The molecule has 0 amide bonds. The summed E-state index contributed by atoms with van der Waals surface area (Å²) < 4.78 is 26.2. The van der Waals surface area contributed by atoms with Crippen molar-refractivity contribution in [3.05, 3.63) is 54.5 Å². The van der Waals surface area contributed by atoms with Crippen LogP contribution in [0.4, 0.5) is 5.69 Å². The van der Waals surface area contributed by atoms with Gasteiger partial charge in [-0.05, 0) is 35.4 Å². The number of aliphatic hydroxyl groups is 1. The smallest absolute Gasteiger partial charge is 0.330 e. The Morgan fingerprint density at radius 1 is 0.955 bits per heavy atom. The van der Waals surface area contributed by atoms with Crippen LogP contribution in [0.2, 0.25) is 0 Å². The maximum atomic E-state index is 11.8. The molecule has 0 bridgehead atoms. The van der Waals surface area contributed by atoms with Crippen molar-refractivity contribution >= 4 is 15.9 Å². The average Bonchev–Trinajstić information content (AvgIpc) is 2.71. The van der Waals surface area contributed by atoms with Crippen LogP contribution in [0.3, 0.4) is 0 Å². The van der Waals surface area contributed by atoms with Crippen molar-refractivity contribution < 1.29 is 23.7 Å². The number of phenolic OH excluding ortho intramolecular Hbond substituents is 2. The van der Waals surface area contributed by atoms with E-state index in [9.17, 15) is 23.7 Å². The molecule has 2 aromatic carbocycles. The summed E-state index contributed by atoms with van der Waals surface area (Å²) in [6, 6.07) is 10.8. The number of hydrogen-bond acceptors (Lipinski definition) is 5. The normalized spacial score (nSPS) is 16.2. The third-order valence-electron chi connectivity index (χ3n) is 3.12. The predicted octanol–water partition coefficient (Wildman–Crippen LogP) is 1.78. The van der Waals surface area contributed by atoms with Crippen molar-refractivity contribution in [1.29, 1.82) is 0 Å². The van der Waals surface area contributed by atoms with Crippen LogP contribution in [0, 0.1) is 0 Å². The lowest BCUT2D eigenvalue weighted by molar-refractivity contribution is 0.392. The monoisotopic (exact) mass is 320 g/mol. The second kappa shape index (κ2) is 4.85. The minimum atomic E-state index is -3.96. The number of aliphatic hydroxyl groups excluding tert-OH is 1. The van der Waals surface area contributed by atoms with Crippen LogP contribution in [0.15, 0.2) is 54.5 Å². The molecule has 0 spiro atoms. The molecule has 3 rings (SSSR count). The number of aromatic hydroxyl groups is 2. The fourth-order valence-electron chi connectivity index (χ4n) is 2.16. The maximum absolute atomic E-state index is 11.8. The summed E-state index contributed by atoms with van der Waals surface area (Å²) in [6.07, 6.45) is 0.957. The van der Waals surface area contributed by atoms with Gasteiger partial charge in [-0.25, -0.2) is 9.03 Å². The van der Waals surface area contributed by atoms with E-state index in [1.54, 1.807) is 18.2 Å². The van der Waals surface area contributed by atoms with Gasteiger partial charge in [0.1, 0.15) is 17.2 Å². The van der Waals surface area contributed by atoms with E-state index in [0.717, 1.165) is 10.5 Å². The average molecular weight is 320 g/mol. The fraction of sp³-hybridized carbons (Fsp3) is 0. The van der Waals surface area contributed by atoms with E-state index in [0.29, 0.717) is 11.1 Å². The first kappa shape index (κ1) is 14.1. The van der Waals surface area contributed by atoms with Crippen molar-refractivity contribution in [2.45, 2.75) is 0 Å². The molecular weight excluding hydrogens is 308 g/mol. The van der Waals surface area contributed by atoms with E-state index >= 15 is 0 Å². The maximum Gasteiger partial charge on any atom is 0.330 e. The summed E-state index contributed by atoms with van der Waals surface area (Å²) in [5, 5.41) is 28.8. The first-order valence-electron chi connectivity index (χ1n) is 6.22. The van der Waals surface area contributed by atoms with Gasteiger partial charge in [-0.15, -0.1) is 0 Å². The Morgan fingerprint density at radius 2 is 1.68 bits per heavy atom. The predicted molar refractivity (Wildman–Crippen MR) is 80.5 cm³/mol. The number of rotatable bonds is 2. The van der Waals surface area contributed by atoms with Crippen molar-refractivity contribution in [3.63, 3.8) is 0 Å². The lowest BCUT2D eigenvalue weighted by Crippen LogP contribution is -2.29. The molecule has 0 aliphatic carbocycles. The van der Waals surface area contributed by atoms with E-state index in [-0.39, 0.29) is 17.2 Å². The van der Waals surface area contributed by atoms with E-state index in [2.05, 4.69) is 0 Å². The molecule has 7 nitrogen and oxygen atoms in total. The van der Waals surface area contributed by atoms with Crippen LogP contribution >= 0.6 is 0 Å². The Kier molecular flexibility index (Phi) is 3.10.